The van der Waals surface area contributed by atoms with Crippen molar-refractivity contribution in [2.45, 2.75) is 37.9 Å². The minimum atomic E-state index is -0.676. The molecule has 1 aromatic carbocycles. The number of nitriles is 1. The molecule has 2 aliphatic heterocycles. The number of ether oxygens (including phenoxy) is 1. The molecule has 2 aliphatic rings. The Hall–Kier alpha value is -2.06. The first kappa shape index (κ1) is 13.9. The second-order valence-corrected chi connectivity index (χ2v) is 5.80. The molecule has 5 nitrogen and oxygen atoms in total. The molecule has 3 unspecified atom stereocenters. The van der Waals surface area contributed by atoms with E-state index in [1.807, 2.05) is 12.1 Å². The molecular weight excluding hydrogens is 268 g/mol. The van der Waals surface area contributed by atoms with Crippen LogP contribution in [0.5, 0.6) is 5.75 Å². The third-order valence-electron chi connectivity index (χ3n) is 4.75. The van der Waals surface area contributed by atoms with Gasteiger partial charge in [0.2, 0.25) is 0 Å². The molecule has 0 amide bonds. The standard InChI is InChI=1S/C16H18N2O3/c1-21-15-6-10(2-3-11(15)8-17)9-18-12-4-5-14(18)13(7-12)16(19)20/h2-3,6,12-14H,4-5,7,9H2,1H3,(H,19,20). The maximum atomic E-state index is 11.3. The molecule has 3 rings (SSSR count). The molecule has 3 atom stereocenters. The number of rotatable bonds is 4. The first-order valence-electron chi connectivity index (χ1n) is 7.19. The predicted octanol–water partition coefficient (Wildman–Crippen LogP) is 2.00. The Balaban J connectivity index is 1.79. The maximum absolute atomic E-state index is 11.3. The van der Waals surface area contributed by atoms with E-state index in [1.54, 1.807) is 13.2 Å². The van der Waals surface area contributed by atoms with Crippen LogP contribution in [-0.2, 0) is 11.3 Å². The van der Waals surface area contributed by atoms with Crippen LogP contribution in [-0.4, -0.2) is 35.2 Å². The summed E-state index contributed by atoms with van der Waals surface area (Å²) in [4.78, 5) is 13.6. The van der Waals surface area contributed by atoms with Gasteiger partial charge in [-0.2, -0.15) is 5.26 Å². The third kappa shape index (κ3) is 2.36. The summed E-state index contributed by atoms with van der Waals surface area (Å²) in [7, 11) is 1.56. The van der Waals surface area contributed by atoms with E-state index in [0.717, 1.165) is 31.4 Å². The number of carboxylic acid groups (broad SMARTS) is 1. The minimum absolute atomic E-state index is 0.147. The fourth-order valence-electron chi connectivity index (χ4n) is 3.75. The molecule has 2 bridgehead atoms. The zero-order valence-electron chi connectivity index (χ0n) is 12.0. The van der Waals surface area contributed by atoms with Crippen molar-refractivity contribution in [3.05, 3.63) is 29.3 Å². The minimum Gasteiger partial charge on any atom is -0.495 e. The van der Waals surface area contributed by atoms with Crippen LogP contribution in [0.25, 0.3) is 0 Å². The maximum Gasteiger partial charge on any atom is 0.308 e. The van der Waals surface area contributed by atoms with Gasteiger partial charge in [0, 0.05) is 18.6 Å². The molecule has 1 N–H and O–H groups in total. The molecule has 21 heavy (non-hydrogen) atoms. The van der Waals surface area contributed by atoms with Crippen LogP contribution in [0.2, 0.25) is 0 Å². The highest BCUT2D eigenvalue weighted by molar-refractivity contribution is 5.71. The zero-order chi connectivity index (χ0) is 15.0. The van der Waals surface area contributed by atoms with Crippen LogP contribution in [0.15, 0.2) is 18.2 Å². The summed E-state index contributed by atoms with van der Waals surface area (Å²) >= 11 is 0. The van der Waals surface area contributed by atoms with Gasteiger partial charge >= 0.3 is 5.97 Å². The van der Waals surface area contributed by atoms with E-state index >= 15 is 0 Å². The smallest absolute Gasteiger partial charge is 0.308 e. The van der Waals surface area contributed by atoms with Crippen LogP contribution in [0, 0.1) is 17.2 Å². The van der Waals surface area contributed by atoms with Gasteiger partial charge in [0.25, 0.3) is 0 Å². The van der Waals surface area contributed by atoms with Crippen molar-refractivity contribution in [2.24, 2.45) is 5.92 Å². The highest BCUT2D eigenvalue weighted by atomic mass is 16.5. The van der Waals surface area contributed by atoms with Gasteiger partial charge in [-0.3, -0.25) is 9.69 Å². The molecule has 110 valence electrons. The lowest BCUT2D eigenvalue weighted by molar-refractivity contribution is -0.142. The number of aliphatic carboxylic acids is 1. The van der Waals surface area contributed by atoms with Crippen LogP contribution in [0.3, 0.4) is 0 Å². The third-order valence-corrected chi connectivity index (χ3v) is 4.75. The summed E-state index contributed by atoms with van der Waals surface area (Å²) in [5.41, 5.74) is 1.59. The highest BCUT2D eigenvalue weighted by Gasteiger charge is 2.48. The average molecular weight is 286 g/mol. The Kier molecular flexibility index (Phi) is 3.56. The van der Waals surface area contributed by atoms with Gasteiger partial charge in [-0.1, -0.05) is 6.07 Å². The number of methoxy groups -OCH3 is 1. The molecule has 5 heteroatoms. The average Bonchev–Trinajstić information content (AvgIpc) is 3.04. The second kappa shape index (κ2) is 5.38. The van der Waals surface area contributed by atoms with E-state index in [2.05, 4.69) is 11.0 Å². The molecule has 1 aromatic rings. The molecule has 2 fully saturated rings. The van der Waals surface area contributed by atoms with E-state index < -0.39 is 5.97 Å². The summed E-state index contributed by atoms with van der Waals surface area (Å²) in [6, 6.07) is 8.19. The molecule has 0 aliphatic carbocycles. The quantitative estimate of drug-likeness (QED) is 0.916. The normalized spacial score (nSPS) is 27.5. The van der Waals surface area contributed by atoms with Crippen LogP contribution >= 0.6 is 0 Å². The van der Waals surface area contributed by atoms with Crippen molar-refractivity contribution in [3.63, 3.8) is 0 Å². The topological polar surface area (TPSA) is 73.6 Å². The lowest BCUT2D eigenvalue weighted by Gasteiger charge is -2.23. The van der Waals surface area contributed by atoms with Crippen molar-refractivity contribution >= 4 is 5.97 Å². The Bertz CT molecular complexity index is 608. The monoisotopic (exact) mass is 286 g/mol. The van der Waals surface area contributed by atoms with E-state index in [-0.39, 0.29) is 12.0 Å². The Labute approximate surface area is 123 Å². The lowest BCUT2D eigenvalue weighted by Crippen LogP contribution is -2.32. The number of hydrogen-bond donors (Lipinski definition) is 1. The Morgan fingerprint density at radius 3 is 2.95 bits per heavy atom. The molecule has 2 saturated heterocycles. The molecular formula is C16H18N2O3. The predicted molar refractivity (Wildman–Crippen MR) is 75.8 cm³/mol. The number of carbonyl (C=O) groups is 1. The largest absolute Gasteiger partial charge is 0.495 e. The van der Waals surface area contributed by atoms with Gasteiger partial charge in [0.15, 0.2) is 0 Å². The number of fused-ring (bicyclic) bond motifs is 2. The molecule has 0 radical (unpaired) electrons. The summed E-state index contributed by atoms with van der Waals surface area (Å²) in [6.07, 6.45) is 2.81. The van der Waals surface area contributed by atoms with Crippen molar-refractivity contribution in [2.75, 3.05) is 7.11 Å². The first-order valence-corrected chi connectivity index (χ1v) is 7.19. The molecule has 0 spiro atoms. The van der Waals surface area contributed by atoms with Crippen molar-refractivity contribution in [3.8, 4) is 11.8 Å². The van der Waals surface area contributed by atoms with E-state index in [0.29, 0.717) is 17.4 Å². The molecule has 0 aromatic heterocycles. The van der Waals surface area contributed by atoms with Crippen LogP contribution < -0.4 is 4.74 Å². The summed E-state index contributed by atoms with van der Waals surface area (Å²) < 4.78 is 5.23. The Morgan fingerprint density at radius 2 is 2.33 bits per heavy atom. The van der Waals surface area contributed by atoms with Gasteiger partial charge in [-0.05, 0) is 37.0 Å². The fraction of sp³-hybridized carbons (Fsp3) is 0.500. The van der Waals surface area contributed by atoms with Gasteiger partial charge in [-0.25, -0.2) is 0 Å². The van der Waals surface area contributed by atoms with Crippen molar-refractivity contribution < 1.29 is 14.6 Å². The highest BCUT2D eigenvalue weighted by Crippen LogP contribution is 2.42. The summed E-state index contributed by atoms with van der Waals surface area (Å²) in [5, 5.41) is 18.3. The van der Waals surface area contributed by atoms with Gasteiger partial charge in [-0.15, -0.1) is 0 Å². The molecule has 2 heterocycles. The zero-order valence-corrected chi connectivity index (χ0v) is 12.0. The number of hydrogen-bond acceptors (Lipinski definition) is 4. The van der Waals surface area contributed by atoms with Crippen molar-refractivity contribution in [1.82, 2.24) is 4.90 Å². The number of nitrogens with zero attached hydrogens (tertiary/aromatic N) is 2. The van der Waals surface area contributed by atoms with Gasteiger partial charge in [0.05, 0.1) is 18.6 Å². The van der Waals surface area contributed by atoms with E-state index in [4.69, 9.17) is 10.00 Å². The summed E-state index contributed by atoms with van der Waals surface area (Å²) in [5.74, 6) is -0.329. The van der Waals surface area contributed by atoms with E-state index in [1.165, 1.54) is 0 Å². The van der Waals surface area contributed by atoms with E-state index in [9.17, 15) is 9.90 Å². The van der Waals surface area contributed by atoms with Crippen LogP contribution in [0.1, 0.15) is 30.4 Å². The first-order chi connectivity index (χ1) is 10.1. The lowest BCUT2D eigenvalue weighted by atomic mass is 9.89. The second-order valence-electron chi connectivity index (χ2n) is 5.80. The summed E-state index contributed by atoms with van der Waals surface area (Å²) in [6.45, 7) is 0.723. The SMILES string of the molecule is COc1cc(CN2C3CCC2C(C(=O)O)C3)ccc1C#N. The number of benzene rings is 1. The Morgan fingerprint density at radius 1 is 1.52 bits per heavy atom. The van der Waals surface area contributed by atoms with Gasteiger partial charge < -0.3 is 9.84 Å². The van der Waals surface area contributed by atoms with Crippen molar-refractivity contribution in [1.29, 1.82) is 5.26 Å². The van der Waals surface area contributed by atoms with Gasteiger partial charge in [0.1, 0.15) is 11.8 Å². The number of carboxylic acids is 1. The molecule has 0 saturated carbocycles. The van der Waals surface area contributed by atoms with Crippen LogP contribution in [0.4, 0.5) is 0 Å². The fourth-order valence-corrected chi connectivity index (χ4v) is 3.75.